The van der Waals surface area contributed by atoms with Crippen molar-refractivity contribution in [2.24, 2.45) is 0 Å². The van der Waals surface area contributed by atoms with Crippen LogP contribution < -0.4 is 15.8 Å². The van der Waals surface area contributed by atoms with E-state index in [4.69, 9.17) is 26.8 Å². The molecule has 1 heterocycles. The first-order valence-corrected chi connectivity index (χ1v) is 7.94. The van der Waals surface area contributed by atoms with Gasteiger partial charge in [-0.2, -0.15) is 0 Å². The molecule has 1 fully saturated rings. The third-order valence-corrected chi connectivity index (χ3v) is 4.84. The molecule has 128 valence electrons. The Morgan fingerprint density at radius 1 is 1.43 bits per heavy atom. The molecule has 1 saturated heterocycles. The summed E-state index contributed by atoms with van der Waals surface area (Å²) in [6, 6.07) is 3.10. The average Bonchev–Trinajstić information content (AvgIpc) is 2.55. The minimum Gasteiger partial charge on any atom is -0.496 e. The van der Waals surface area contributed by atoms with E-state index in [0.29, 0.717) is 41.8 Å². The summed E-state index contributed by atoms with van der Waals surface area (Å²) in [4.78, 5) is 14.7. The predicted octanol–water partition coefficient (Wildman–Crippen LogP) is 1.77. The summed E-state index contributed by atoms with van der Waals surface area (Å²) in [5.41, 5.74) is 6.42. The Morgan fingerprint density at radius 3 is 2.65 bits per heavy atom. The summed E-state index contributed by atoms with van der Waals surface area (Å²) < 4.78 is 10.7. The zero-order valence-electron chi connectivity index (χ0n) is 13.8. The van der Waals surface area contributed by atoms with Crippen LogP contribution in [0.25, 0.3) is 0 Å². The van der Waals surface area contributed by atoms with Crippen LogP contribution in [-0.2, 0) is 4.74 Å². The molecule has 6 nitrogen and oxygen atoms in total. The molecular formula is C16H24ClN3O3. The lowest BCUT2D eigenvalue weighted by atomic mass is 9.88. The molecule has 1 aromatic rings. The molecule has 0 unspecified atom stereocenters. The first kappa shape index (κ1) is 17.8. The summed E-state index contributed by atoms with van der Waals surface area (Å²) in [5.74, 6) is 0.187. The number of ether oxygens (including phenoxy) is 2. The number of rotatable bonds is 5. The van der Waals surface area contributed by atoms with Gasteiger partial charge in [0.05, 0.1) is 23.4 Å². The molecule has 0 aliphatic carbocycles. The lowest BCUT2D eigenvalue weighted by Gasteiger charge is -2.42. The first-order chi connectivity index (χ1) is 10.9. The number of carbonyl (C=O) groups excluding carboxylic acids is 1. The number of carbonyl (C=O) groups is 1. The van der Waals surface area contributed by atoms with E-state index in [9.17, 15) is 4.79 Å². The number of amides is 1. The van der Waals surface area contributed by atoms with Crippen molar-refractivity contribution < 1.29 is 14.3 Å². The van der Waals surface area contributed by atoms with Crippen LogP contribution in [0.5, 0.6) is 5.75 Å². The number of nitrogens with one attached hydrogen (secondary N) is 1. The third kappa shape index (κ3) is 3.88. The van der Waals surface area contributed by atoms with Gasteiger partial charge >= 0.3 is 0 Å². The summed E-state index contributed by atoms with van der Waals surface area (Å²) in [7, 11) is 5.55. The molecule has 1 aliphatic rings. The molecule has 0 atom stereocenters. The van der Waals surface area contributed by atoms with Crippen molar-refractivity contribution in [3.63, 3.8) is 0 Å². The fourth-order valence-corrected chi connectivity index (χ4v) is 2.95. The quantitative estimate of drug-likeness (QED) is 0.798. The van der Waals surface area contributed by atoms with Gasteiger partial charge in [-0.3, -0.25) is 4.79 Å². The van der Waals surface area contributed by atoms with Gasteiger partial charge in [0.15, 0.2) is 0 Å². The Labute approximate surface area is 141 Å². The number of likely N-dealkylation sites (N-methyl/N-ethyl adjacent to an activating group) is 1. The second-order valence-corrected chi connectivity index (χ2v) is 6.40. The highest BCUT2D eigenvalue weighted by atomic mass is 35.5. The van der Waals surface area contributed by atoms with Crippen molar-refractivity contribution >= 4 is 23.2 Å². The topological polar surface area (TPSA) is 76.8 Å². The summed E-state index contributed by atoms with van der Waals surface area (Å²) in [6.45, 7) is 1.93. The third-order valence-electron chi connectivity index (χ3n) is 4.51. The Kier molecular flexibility index (Phi) is 5.73. The van der Waals surface area contributed by atoms with Gasteiger partial charge < -0.3 is 25.4 Å². The molecule has 2 rings (SSSR count). The van der Waals surface area contributed by atoms with Gasteiger partial charge in [-0.15, -0.1) is 0 Å². The molecule has 1 aliphatic heterocycles. The molecule has 1 aromatic carbocycles. The zero-order valence-corrected chi connectivity index (χ0v) is 14.6. The van der Waals surface area contributed by atoms with Crippen molar-refractivity contribution in [2.75, 3.05) is 46.7 Å². The SMILES string of the molecule is COc1cc(N)c(Cl)cc1C(=O)NCC1(N(C)C)CCOCC1. The molecule has 23 heavy (non-hydrogen) atoms. The predicted molar refractivity (Wildman–Crippen MR) is 91.2 cm³/mol. The van der Waals surface area contributed by atoms with E-state index in [1.807, 2.05) is 14.1 Å². The lowest BCUT2D eigenvalue weighted by molar-refractivity contribution is -0.00659. The maximum absolute atomic E-state index is 12.6. The van der Waals surface area contributed by atoms with Gasteiger partial charge in [0.1, 0.15) is 5.75 Å². The Balaban J connectivity index is 2.14. The highest BCUT2D eigenvalue weighted by Crippen LogP contribution is 2.29. The molecule has 0 bridgehead atoms. The first-order valence-electron chi connectivity index (χ1n) is 7.56. The molecule has 1 amide bonds. The molecule has 0 radical (unpaired) electrons. The average molecular weight is 342 g/mol. The molecule has 0 spiro atoms. The number of nitrogen functional groups attached to an aromatic ring is 1. The minimum absolute atomic E-state index is 0.0985. The summed E-state index contributed by atoms with van der Waals surface area (Å²) in [6.07, 6.45) is 1.75. The monoisotopic (exact) mass is 341 g/mol. The number of benzene rings is 1. The number of anilines is 1. The second-order valence-electron chi connectivity index (χ2n) is 5.99. The number of hydrogen-bond donors (Lipinski definition) is 2. The number of nitrogens with two attached hydrogens (primary N) is 1. The molecule has 3 N–H and O–H groups in total. The fourth-order valence-electron chi connectivity index (χ4n) is 2.79. The Bertz CT molecular complexity index is 572. The van der Waals surface area contributed by atoms with Crippen LogP contribution in [0.1, 0.15) is 23.2 Å². The number of methoxy groups -OCH3 is 1. The molecular weight excluding hydrogens is 318 g/mol. The van der Waals surface area contributed by atoms with Gasteiger partial charge in [-0.25, -0.2) is 0 Å². The van der Waals surface area contributed by atoms with E-state index in [1.165, 1.54) is 13.2 Å². The van der Waals surface area contributed by atoms with Gasteiger partial charge in [-0.1, -0.05) is 11.6 Å². The largest absolute Gasteiger partial charge is 0.496 e. The highest BCUT2D eigenvalue weighted by molar-refractivity contribution is 6.33. The number of nitrogens with zero attached hydrogens (tertiary/aromatic N) is 1. The summed E-state index contributed by atoms with van der Waals surface area (Å²) in [5, 5.41) is 3.33. The van der Waals surface area contributed by atoms with Crippen molar-refractivity contribution in [1.29, 1.82) is 0 Å². The van der Waals surface area contributed by atoms with Crippen LogP contribution in [0, 0.1) is 0 Å². The van der Waals surface area contributed by atoms with E-state index in [0.717, 1.165) is 12.8 Å². The van der Waals surface area contributed by atoms with Crippen molar-refractivity contribution in [2.45, 2.75) is 18.4 Å². The fraction of sp³-hybridized carbons (Fsp3) is 0.562. The maximum atomic E-state index is 12.6. The number of halogens is 1. The molecule has 7 heteroatoms. The van der Waals surface area contributed by atoms with Gasteiger partial charge in [0.2, 0.25) is 0 Å². The highest BCUT2D eigenvalue weighted by Gasteiger charge is 2.35. The van der Waals surface area contributed by atoms with Crippen molar-refractivity contribution in [3.05, 3.63) is 22.7 Å². The van der Waals surface area contributed by atoms with Crippen LogP contribution >= 0.6 is 11.6 Å². The van der Waals surface area contributed by atoms with Crippen LogP contribution in [0.3, 0.4) is 0 Å². The maximum Gasteiger partial charge on any atom is 0.255 e. The standard InChI is InChI=1S/C16H24ClN3O3/c1-20(2)16(4-6-23-7-5-16)10-19-15(21)11-8-12(17)13(18)9-14(11)22-3/h8-9H,4-7,10,18H2,1-3H3,(H,19,21). The van der Waals surface area contributed by atoms with Crippen molar-refractivity contribution in [3.8, 4) is 5.75 Å². The van der Waals surface area contributed by atoms with Crippen LogP contribution in [0.2, 0.25) is 5.02 Å². The molecule has 0 aromatic heterocycles. The molecule has 0 saturated carbocycles. The Hall–Kier alpha value is -1.50. The second kappa shape index (κ2) is 7.38. The van der Waals surface area contributed by atoms with Crippen LogP contribution in [-0.4, -0.2) is 57.3 Å². The Morgan fingerprint density at radius 2 is 2.09 bits per heavy atom. The van der Waals surface area contributed by atoms with Gasteiger partial charge in [0, 0.05) is 31.4 Å². The van der Waals surface area contributed by atoms with Gasteiger partial charge in [0.25, 0.3) is 5.91 Å². The van der Waals surface area contributed by atoms with E-state index in [2.05, 4.69) is 10.2 Å². The van der Waals surface area contributed by atoms with Crippen molar-refractivity contribution in [1.82, 2.24) is 10.2 Å². The van der Waals surface area contributed by atoms with E-state index >= 15 is 0 Å². The van der Waals surface area contributed by atoms with E-state index < -0.39 is 0 Å². The van der Waals surface area contributed by atoms with E-state index in [-0.39, 0.29) is 11.4 Å². The van der Waals surface area contributed by atoms with Crippen LogP contribution in [0.15, 0.2) is 12.1 Å². The normalized spacial score (nSPS) is 17.1. The zero-order chi connectivity index (χ0) is 17.0. The minimum atomic E-state index is -0.225. The smallest absolute Gasteiger partial charge is 0.255 e. The van der Waals surface area contributed by atoms with Crippen LogP contribution in [0.4, 0.5) is 5.69 Å². The lowest BCUT2D eigenvalue weighted by Crippen LogP contribution is -2.55. The summed E-state index contributed by atoms with van der Waals surface area (Å²) >= 11 is 6.03. The van der Waals surface area contributed by atoms with E-state index in [1.54, 1.807) is 6.07 Å². The number of hydrogen-bond acceptors (Lipinski definition) is 5. The van der Waals surface area contributed by atoms with Gasteiger partial charge in [-0.05, 0) is 33.0 Å².